The van der Waals surface area contributed by atoms with Gasteiger partial charge in [0.25, 0.3) is 5.91 Å². The van der Waals surface area contributed by atoms with Gasteiger partial charge in [0.1, 0.15) is 10.8 Å². The number of nitrogens with zero attached hydrogens (tertiary/aromatic N) is 2. The van der Waals surface area contributed by atoms with Crippen molar-refractivity contribution >= 4 is 22.4 Å². The highest BCUT2D eigenvalue weighted by molar-refractivity contribution is 7.15. The predicted octanol–water partition coefficient (Wildman–Crippen LogP) is 2.80. The molecule has 4 nitrogen and oxygen atoms in total. The molecule has 0 radical (unpaired) electrons. The smallest absolute Gasteiger partial charge is 0.257 e. The number of benzene rings is 1. The van der Waals surface area contributed by atoms with Crippen molar-refractivity contribution in [1.29, 1.82) is 0 Å². The molecule has 0 saturated heterocycles. The van der Waals surface area contributed by atoms with Crippen LogP contribution in [0.3, 0.4) is 0 Å². The van der Waals surface area contributed by atoms with Gasteiger partial charge in [0.15, 0.2) is 0 Å². The molecular weight excluding hydrogens is 253 g/mol. The lowest BCUT2D eigenvalue weighted by molar-refractivity contribution is 0.102. The second kappa shape index (κ2) is 5.22. The molecule has 1 amide bonds. The normalized spacial score (nSPS) is 10.4. The van der Waals surface area contributed by atoms with Crippen LogP contribution in [0.1, 0.15) is 27.9 Å². The first-order valence-corrected chi connectivity index (χ1v) is 6.31. The topological polar surface area (TPSA) is 54.9 Å². The summed E-state index contributed by atoms with van der Waals surface area (Å²) in [6.45, 7) is 3.59. The second-order valence-electron chi connectivity index (χ2n) is 3.77. The van der Waals surface area contributed by atoms with Crippen molar-refractivity contribution in [3.63, 3.8) is 0 Å². The minimum Gasteiger partial charge on any atom is -0.296 e. The molecule has 0 bridgehead atoms. The van der Waals surface area contributed by atoms with E-state index in [9.17, 15) is 9.18 Å². The van der Waals surface area contributed by atoms with Gasteiger partial charge in [-0.05, 0) is 37.1 Å². The van der Waals surface area contributed by atoms with Gasteiger partial charge in [-0.1, -0.05) is 18.3 Å². The number of rotatable bonds is 3. The van der Waals surface area contributed by atoms with Gasteiger partial charge in [-0.25, -0.2) is 4.39 Å². The standard InChI is InChI=1S/C12H12FN3OS/c1-3-10-15-16-12(18-10)14-11(17)8-4-5-9(13)7(2)6-8/h4-6H,3H2,1-2H3,(H,14,16,17). The van der Waals surface area contributed by atoms with Gasteiger partial charge in [-0.15, -0.1) is 10.2 Å². The van der Waals surface area contributed by atoms with Crippen LogP contribution in [0.25, 0.3) is 0 Å². The SMILES string of the molecule is CCc1nnc(NC(=O)c2ccc(F)c(C)c2)s1. The largest absolute Gasteiger partial charge is 0.296 e. The molecule has 0 spiro atoms. The Balaban J connectivity index is 2.14. The van der Waals surface area contributed by atoms with Gasteiger partial charge in [0.2, 0.25) is 5.13 Å². The Labute approximate surface area is 108 Å². The monoisotopic (exact) mass is 265 g/mol. The van der Waals surface area contributed by atoms with E-state index in [2.05, 4.69) is 15.5 Å². The zero-order chi connectivity index (χ0) is 13.1. The maximum atomic E-state index is 13.1. The Kier molecular flexibility index (Phi) is 3.66. The summed E-state index contributed by atoms with van der Waals surface area (Å²) in [5.74, 6) is -0.632. The second-order valence-corrected chi connectivity index (χ2v) is 4.83. The number of carbonyl (C=O) groups excluding carboxylic acids is 1. The van der Waals surface area contributed by atoms with Gasteiger partial charge < -0.3 is 0 Å². The Morgan fingerprint density at radius 3 is 2.83 bits per heavy atom. The molecular formula is C12H12FN3OS. The third kappa shape index (κ3) is 2.70. The molecule has 1 heterocycles. The summed E-state index contributed by atoms with van der Waals surface area (Å²) in [4.78, 5) is 11.9. The van der Waals surface area contributed by atoms with E-state index in [1.165, 1.54) is 29.5 Å². The molecule has 18 heavy (non-hydrogen) atoms. The molecule has 0 aliphatic rings. The van der Waals surface area contributed by atoms with Crippen LogP contribution in [0.2, 0.25) is 0 Å². The van der Waals surface area contributed by atoms with Crippen molar-refractivity contribution in [2.45, 2.75) is 20.3 Å². The number of amides is 1. The van der Waals surface area contributed by atoms with Gasteiger partial charge >= 0.3 is 0 Å². The van der Waals surface area contributed by atoms with Crippen LogP contribution in [0.15, 0.2) is 18.2 Å². The highest BCUT2D eigenvalue weighted by atomic mass is 32.1. The minimum atomic E-state index is -0.323. The van der Waals surface area contributed by atoms with E-state index in [4.69, 9.17) is 0 Å². The fraction of sp³-hybridized carbons (Fsp3) is 0.250. The molecule has 1 N–H and O–H groups in total. The lowest BCUT2D eigenvalue weighted by Crippen LogP contribution is -2.12. The molecule has 0 aliphatic heterocycles. The maximum Gasteiger partial charge on any atom is 0.257 e. The average Bonchev–Trinajstić information content (AvgIpc) is 2.80. The fourth-order valence-electron chi connectivity index (χ4n) is 1.40. The number of nitrogens with one attached hydrogen (secondary N) is 1. The predicted molar refractivity (Wildman–Crippen MR) is 68.4 cm³/mol. The molecule has 2 rings (SSSR count). The van der Waals surface area contributed by atoms with Gasteiger partial charge in [-0.2, -0.15) is 0 Å². The summed E-state index contributed by atoms with van der Waals surface area (Å²) in [7, 11) is 0. The van der Waals surface area contributed by atoms with Crippen molar-refractivity contribution in [1.82, 2.24) is 10.2 Å². The zero-order valence-electron chi connectivity index (χ0n) is 10.0. The Bertz CT molecular complexity index is 582. The third-order valence-electron chi connectivity index (χ3n) is 2.41. The summed E-state index contributed by atoms with van der Waals surface area (Å²) in [6, 6.07) is 4.23. The zero-order valence-corrected chi connectivity index (χ0v) is 10.8. The van der Waals surface area contributed by atoms with Crippen LogP contribution < -0.4 is 5.32 Å². The van der Waals surface area contributed by atoms with E-state index in [-0.39, 0.29) is 11.7 Å². The molecule has 0 atom stereocenters. The first-order chi connectivity index (χ1) is 8.60. The third-order valence-corrected chi connectivity index (χ3v) is 3.39. The lowest BCUT2D eigenvalue weighted by atomic mass is 10.1. The first-order valence-electron chi connectivity index (χ1n) is 5.50. The lowest BCUT2D eigenvalue weighted by Gasteiger charge is -2.02. The quantitative estimate of drug-likeness (QED) is 0.928. The molecule has 1 aromatic heterocycles. The molecule has 1 aromatic carbocycles. The molecule has 0 fully saturated rings. The first kappa shape index (κ1) is 12.6. The van der Waals surface area contributed by atoms with Crippen molar-refractivity contribution in [3.8, 4) is 0 Å². The maximum absolute atomic E-state index is 13.1. The molecule has 94 valence electrons. The highest BCUT2D eigenvalue weighted by Gasteiger charge is 2.10. The number of aromatic nitrogens is 2. The summed E-state index contributed by atoms with van der Waals surface area (Å²) in [5.41, 5.74) is 0.844. The summed E-state index contributed by atoms with van der Waals surface area (Å²) in [5, 5.41) is 11.7. The fourth-order valence-corrected chi connectivity index (χ4v) is 2.08. The van der Waals surface area contributed by atoms with Crippen molar-refractivity contribution in [2.24, 2.45) is 0 Å². The highest BCUT2D eigenvalue weighted by Crippen LogP contribution is 2.17. The van der Waals surface area contributed by atoms with E-state index in [1.54, 1.807) is 6.92 Å². The minimum absolute atomic E-state index is 0.308. The number of aryl methyl sites for hydroxylation is 2. The Hall–Kier alpha value is -1.82. The van der Waals surface area contributed by atoms with Crippen LogP contribution in [0, 0.1) is 12.7 Å². The van der Waals surface area contributed by atoms with Crippen molar-refractivity contribution in [2.75, 3.05) is 5.32 Å². The van der Waals surface area contributed by atoms with E-state index in [1.807, 2.05) is 6.92 Å². The van der Waals surface area contributed by atoms with E-state index in [0.717, 1.165) is 11.4 Å². The molecule has 2 aromatic rings. The molecule has 0 aliphatic carbocycles. The van der Waals surface area contributed by atoms with Crippen LogP contribution in [-0.4, -0.2) is 16.1 Å². The van der Waals surface area contributed by atoms with Gasteiger partial charge in [0, 0.05) is 5.56 Å². The summed E-state index contributed by atoms with van der Waals surface area (Å²) >= 11 is 1.33. The Morgan fingerprint density at radius 2 is 2.22 bits per heavy atom. The Morgan fingerprint density at radius 1 is 1.44 bits per heavy atom. The van der Waals surface area contributed by atoms with Crippen LogP contribution in [0.5, 0.6) is 0 Å². The number of hydrogen-bond donors (Lipinski definition) is 1. The summed E-state index contributed by atoms with van der Waals surface area (Å²) < 4.78 is 13.1. The van der Waals surface area contributed by atoms with E-state index < -0.39 is 0 Å². The van der Waals surface area contributed by atoms with E-state index >= 15 is 0 Å². The number of halogens is 1. The average molecular weight is 265 g/mol. The van der Waals surface area contributed by atoms with Crippen LogP contribution in [-0.2, 0) is 6.42 Å². The molecule has 0 unspecified atom stereocenters. The van der Waals surface area contributed by atoms with Crippen LogP contribution >= 0.6 is 11.3 Å². The number of carbonyl (C=O) groups is 1. The summed E-state index contributed by atoms with van der Waals surface area (Å²) in [6.07, 6.45) is 0.781. The van der Waals surface area contributed by atoms with Crippen LogP contribution in [0.4, 0.5) is 9.52 Å². The number of anilines is 1. The van der Waals surface area contributed by atoms with E-state index in [0.29, 0.717) is 16.3 Å². The van der Waals surface area contributed by atoms with Crippen molar-refractivity contribution in [3.05, 3.63) is 40.2 Å². The number of hydrogen-bond acceptors (Lipinski definition) is 4. The van der Waals surface area contributed by atoms with Gasteiger partial charge in [-0.3, -0.25) is 10.1 Å². The van der Waals surface area contributed by atoms with Crippen molar-refractivity contribution < 1.29 is 9.18 Å². The molecule has 6 heteroatoms. The molecule has 0 saturated carbocycles. The van der Waals surface area contributed by atoms with Gasteiger partial charge in [0.05, 0.1) is 0 Å².